The Bertz CT molecular complexity index is 450. The first-order valence-electron chi connectivity index (χ1n) is 5.72. The van der Waals surface area contributed by atoms with Gasteiger partial charge in [0.25, 0.3) is 0 Å². The summed E-state index contributed by atoms with van der Waals surface area (Å²) in [6.45, 7) is 0.371. The van der Waals surface area contributed by atoms with Crippen LogP contribution in [0, 0.1) is 0 Å². The highest BCUT2D eigenvalue weighted by Crippen LogP contribution is 2.22. The summed E-state index contributed by atoms with van der Waals surface area (Å²) in [5.41, 5.74) is 0. The van der Waals surface area contributed by atoms with E-state index in [1.165, 1.54) is 17.0 Å². The zero-order valence-electron chi connectivity index (χ0n) is 9.98. The monoisotopic (exact) mass is 278 g/mol. The maximum absolute atomic E-state index is 12.2. The van der Waals surface area contributed by atoms with E-state index in [4.69, 9.17) is 9.52 Å². The minimum Gasteiger partial charge on any atom is -0.475 e. The summed E-state index contributed by atoms with van der Waals surface area (Å²) in [7, 11) is 0. The fourth-order valence-corrected chi connectivity index (χ4v) is 1.99. The van der Waals surface area contributed by atoms with Crippen LogP contribution in [-0.4, -0.2) is 54.9 Å². The first-order chi connectivity index (χ1) is 8.85. The second-order valence-electron chi connectivity index (χ2n) is 4.32. The Kier molecular flexibility index (Phi) is 3.70. The molecule has 1 saturated heterocycles. The number of furan rings is 1. The third-order valence-corrected chi connectivity index (χ3v) is 2.89. The number of carboxylic acids is 1. The standard InChI is InChI=1S/C11H13F3N2O3/c12-11(13,14)7-15-3-5-16(6-4-15)9-2-1-8(19-9)10(17)18/h1-2H,3-7H2,(H,17,18). The highest BCUT2D eigenvalue weighted by Gasteiger charge is 2.32. The number of aromatic carboxylic acids is 1. The van der Waals surface area contributed by atoms with Gasteiger partial charge < -0.3 is 14.4 Å². The molecule has 1 aliphatic rings. The Morgan fingerprint density at radius 2 is 1.89 bits per heavy atom. The maximum Gasteiger partial charge on any atom is 0.401 e. The van der Waals surface area contributed by atoms with Crippen LogP contribution >= 0.6 is 0 Å². The molecule has 1 N–H and O–H groups in total. The molecule has 8 heteroatoms. The Labute approximate surface area is 107 Å². The Balaban J connectivity index is 1.90. The maximum atomic E-state index is 12.2. The van der Waals surface area contributed by atoms with Crippen LogP contribution in [0.3, 0.4) is 0 Å². The van der Waals surface area contributed by atoms with Gasteiger partial charge in [-0.05, 0) is 6.07 Å². The summed E-state index contributed by atoms with van der Waals surface area (Å²) >= 11 is 0. The van der Waals surface area contributed by atoms with Crippen molar-refractivity contribution in [1.29, 1.82) is 0 Å². The van der Waals surface area contributed by atoms with E-state index in [-0.39, 0.29) is 18.8 Å². The number of carbonyl (C=O) groups is 1. The molecule has 1 aliphatic heterocycles. The van der Waals surface area contributed by atoms with Crippen LogP contribution in [0.4, 0.5) is 19.1 Å². The average Bonchev–Trinajstić information content (AvgIpc) is 2.77. The molecule has 5 nitrogen and oxygen atoms in total. The van der Waals surface area contributed by atoms with E-state index in [1.807, 2.05) is 0 Å². The van der Waals surface area contributed by atoms with Gasteiger partial charge in [0.2, 0.25) is 5.76 Å². The van der Waals surface area contributed by atoms with E-state index in [0.717, 1.165) is 0 Å². The van der Waals surface area contributed by atoms with Crippen molar-refractivity contribution < 1.29 is 27.5 Å². The van der Waals surface area contributed by atoms with Crippen molar-refractivity contribution in [1.82, 2.24) is 4.90 Å². The topological polar surface area (TPSA) is 56.9 Å². The third-order valence-electron chi connectivity index (χ3n) is 2.89. The van der Waals surface area contributed by atoms with Gasteiger partial charge in [-0.25, -0.2) is 4.79 Å². The van der Waals surface area contributed by atoms with E-state index in [9.17, 15) is 18.0 Å². The van der Waals surface area contributed by atoms with E-state index in [0.29, 0.717) is 19.0 Å². The highest BCUT2D eigenvalue weighted by molar-refractivity contribution is 5.84. The first kappa shape index (κ1) is 13.7. The van der Waals surface area contributed by atoms with Crippen molar-refractivity contribution in [3.05, 3.63) is 17.9 Å². The lowest BCUT2D eigenvalue weighted by atomic mass is 10.3. The van der Waals surface area contributed by atoms with Gasteiger partial charge in [-0.1, -0.05) is 0 Å². The number of hydrogen-bond acceptors (Lipinski definition) is 4. The zero-order valence-corrected chi connectivity index (χ0v) is 9.98. The van der Waals surface area contributed by atoms with Crippen LogP contribution in [-0.2, 0) is 0 Å². The van der Waals surface area contributed by atoms with E-state index in [2.05, 4.69) is 0 Å². The Morgan fingerprint density at radius 1 is 1.26 bits per heavy atom. The number of hydrogen-bond donors (Lipinski definition) is 1. The van der Waals surface area contributed by atoms with Crippen molar-refractivity contribution in [2.45, 2.75) is 6.18 Å². The van der Waals surface area contributed by atoms with Crippen LogP contribution in [0.2, 0.25) is 0 Å². The smallest absolute Gasteiger partial charge is 0.401 e. The minimum atomic E-state index is -4.19. The first-order valence-corrected chi connectivity index (χ1v) is 5.72. The molecular formula is C11H13F3N2O3. The summed E-state index contributed by atoms with van der Waals surface area (Å²) in [4.78, 5) is 13.7. The van der Waals surface area contributed by atoms with Crippen LogP contribution in [0.25, 0.3) is 0 Å². The van der Waals surface area contributed by atoms with Crippen LogP contribution in [0.5, 0.6) is 0 Å². The molecule has 19 heavy (non-hydrogen) atoms. The Hall–Kier alpha value is -1.70. The third kappa shape index (κ3) is 3.63. The molecule has 0 radical (unpaired) electrons. The predicted molar refractivity (Wildman–Crippen MR) is 60.4 cm³/mol. The summed E-state index contributed by atoms with van der Waals surface area (Å²) in [6.07, 6.45) is -4.19. The lowest BCUT2D eigenvalue weighted by molar-refractivity contribution is -0.146. The number of halogens is 3. The summed E-state index contributed by atoms with van der Waals surface area (Å²) in [6, 6.07) is 2.85. The molecule has 0 aromatic carbocycles. The van der Waals surface area contributed by atoms with Crippen molar-refractivity contribution in [3.8, 4) is 0 Å². The van der Waals surface area contributed by atoms with Gasteiger partial charge in [0, 0.05) is 32.2 Å². The molecule has 0 bridgehead atoms. The van der Waals surface area contributed by atoms with Gasteiger partial charge in [-0.15, -0.1) is 0 Å². The molecule has 1 aromatic heterocycles. The van der Waals surface area contributed by atoms with Gasteiger partial charge in [0.1, 0.15) is 0 Å². The van der Waals surface area contributed by atoms with Gasteiger partial charge in [0.15, 0.2) is 5.88 Å². The van der Waals surface area contributed by atoms with Crippen LogP contribution < -0.4 is 4.90 Å². The minimum absolute atomic E-state index is 0.173. The zero-order chi connectivity index (χ0) is 14.0. The van der Waals surface area contributed by atoms with Gasteiger partial charge in [-0.2, -0.15) is 13.2 Å². The quantitative estimate of drug-likeness (QED) is 0.911. The van der Waals surface area contributed by atoms with Gasteiger partial charge >= 0.3 is 12.1 Å². The normalized spacial score (nSPS) is 17.7. The fraction of sp³-hybridized carbons (Fsp3) is 0.545. The molecule has 0 atom stereocenters. The van der Waals surface area contributed by atoms with Crippen LogP contribution in [0.15, 0.2) is 16.5 Å². The molecule has 0 spiro atoms. The molecule has 2 heterocycles. The molecule has 1 aromatic rings. The SMILES string of the molecule is O=C(O)c1ccc(N2CCN(CC(F)(F)F)CC2)o1. The largest absolute Gasteiger partial charge is 0.475 e. The lowest BCUT2D eigenvalue weighted by Gasteiger charge is -2.34. The number of piperazine rings is 1. The van der Waals surface area contributed by atoms with Crippen LogP contribution in [0.1, 0.15) is 10.6 Å². The second kappa shape index (κ2) is 5.12. The van der Waals surface area contributed by atoms with Crippen molar-refractivity contribution in [2.24, 2.45) is 0 Å². The van der Waals surface area contributed by atoms with E-state index < -0.39 is 18.7 Å². The molecule has 0 unspecified atom stereocenters. The Morgan fingerprint density at radius 3 is 2.37 bits per heavy atom. The van der Waals surface area contributed by atoms with E-state index >= 15 is 0 Å². The van der Waals surface area contributed by atoms with Gasteiger partial charge in [0.05, 0.1) is 6.54 Å². The van der Waals surface area contributed by atoms with Crippen molar-refractivity contribution >= 4 is 11.9 Å². The van der Waals surface area contributed by atoms with Crippen molar-refractivity contribution in [2.75, 3.05) is 37.6 Å². The van der Waals surface area contributed by atoms with Gasteiger partial charge in [-0.3, -0.25) is 4.90 Å². The molecule has 1 fully saturated rings. The molecular weight excluding hydrogens is 265 g/mol. The average molecular weight is 278 g/mol. The molecule has 0 aliphatic carbocycles. The predicted octanol–water partition coefficient (Wildman–Crippen LogP) is 1.66. The molecule has 0 amide bonds. The lowest BCUT2D eigenvalue weighted by Crippen LogP contribution is -2.49. The fourth-order valence-electron chi connectivity index (χ4n) is 1.99. The summed E-state index contributed by atoms with van der Waals surface area (Å²) in [5.74, 6) is -0.960. The number of rotatable bonds is 3. The second-order valence-corrected chi connectivity index (χ2v) is 4.32. The number of carboxylic acid groups (broad SMARTS) is 1. The molecule has 2 rings (SSSR count). The number of anilines is 1. The number of nitrogens with zero attached hydrogens (tertiary/aromatic N) is 2. The number of alkyl halides is 3. The summed E-state index contributed by atoms with van der Waals surface area (Å²) in [5, 5.41) is 8.72. The molecule has 106 valence electrons. The summed E-state index contributed by atoms with van der Waals surface area (Å²) < 4.78 is 41.7. The van der Waals surface area contributed by atoms with Crippen molar-refractivity contribution in [3.63, 3.8) is 0 Å². The highest BCUT2D eigenvalue weighted by atomic mass is 19.4. The van der Waals surface area contributed by atoms with E-state index in [1.54, 1.807) is 4.90 Å². The molecule has 0 saturated carbocycles.